The van der Waals surface area contributed by atoms with Crippen molar-refractivity contribution in [2.24, 2.45) is 5.41 Å². The van der Waals surface area contributed by atoms with Crippen LogP contribution < -0.4 is 4.90 Å². The molecule has 2 heterocycles. The van der Waals surface area contributed by atoms with Gasteiger partial charge in [0.2, 0.25) is 0 Å². The van der Waals surface area contributed by atoms with Crippen molar-refractivity contribution in [3.8, 4) is 0 Å². The van der Waals surface area contributed by atoms with E-state index in [4.69, 9.17) is 11.6 Å². The van der Waals surface area contributed by atoms with Gasteiger partial charge in [0.1, 0.15) is 17.3 Å². The Morgan fingerprint density at radius 2 is 2.06 bits per heavy atom. The van der Waals surface area contributed by atoms with E-state index in [1.54, 1.807) is 0 Å². The molecular weight excluding hydrogens is 222 g/mol. The summed E-state index contributed by atoms with van der Waals surface area (Å²) in [7, 11) is 0. The molecule has 0 aliphatic carbocycles. The Labute approximate surface area is 102 Å². The number of hydrogen-bond donors (Lipinski definition) is 0. The molecule has 0 spiro atoms. The van der Waals surface area contributed by atoms with Gasteiger partial charge in [-0.1, -0.05) is 25.4 Å². The lowest BCUT2D eigenvalue weighted by atomic mass is 9.85. The zero-order valence-electron chi connectivity index (χ0n) is 9.91. The van der Waals surface area contributed by atoms with Gasteiger partial charge >= 0.3 is 0 Å². The van der Waals surface area contributed by atoms with Crippen LogP contribution in [0.1, 0.15) is 33.1 Å². The lowest BCUT2D eigenvalue weighted by Crippen LogP contribution is -2.25. The minimum atomic E-state index is 0.450. The van der Waals surface area contributed by atoms with Crippen LogP contribution in [0.25, 0.3) is 0 Å². The first-order valence-electron chi connectivity index (χ1n) is 5.79. The zero-order valence-corrected chi connectivity index (χ0v) is 10.7. The fourth-order valence-corrected chi connectivity index (χ4v) is 2.29. The van der Waals surface area contributed by atoms with E-state index < -0.39 is 0 Å². The van der Waals surface area contributed by atoms with Crippen molar-refractivity contribution in [1.82, 2.24) is 9.97 Å². The van der Waals surface area contributed by atoms with Crippen LogP contribution in [0.4, 0.5) is 5.82 Å². The molecule has 16 heavy (non-hydrogen) atoms. The minimum Gasteiger partial charge on any atom is -0.356 e. The van der Waals surface area contributed by atoms with Gasteiger partial charge in [-0.3, -0.25) is 0 Å². The van der Waals surface area contributed by atoms with E-state index in [0.717, 1.165) is 18.9 Å². The van der Waals surface area contributed by atoms with E-state index in [-0.39, 0.29) is 0 Å². The Kier molecular flexibility index (Phi) is 3.33. The van der Waals surface area contributed by atoms with Gasteiger partial charge < -0.3 is 4.90 Å². The average molecular weight is 240 g/mol. The van der Waals surface area contributed by atoms with Crippen molar-refractivity contribution in [3.63, 3.8) is 0 Å². The van der Waals surface area contributed by atoms with E-state index in [1.807, 2.05) is 6.07 Å². The van der Waals surface area contributed by atoms with Crippen molar-refractivity contribution in [2.75, 3.05) is 18.0 Å². The second-order valence-electron chi connectivity index (χ2n) is 5.20. The first-order chi connectivity index (χ1) is 7.57. The third-order valence-corrected chi connectivity index (χ3v) is 3.49. The number of halogens is 1. The monoisotopic (exact) mass is 239 g/mol. The van der Waals surface area contributed by atoms with Crippen molar-refractivity contribution >= 4 is 17.4 Å². The molecule has 88 valence electrons. The molecule has 0 bridgehead atoms. The van der Waals surface area contributed by atoms with Crippen molar-refractivity contribution in [1.29, 1.82) is 0 Å². The minimum absolute atomic E-state index is 0.450. The quantitative estimate of drug-likeness (QED) is 0.705. The molecule has 0 amide bonds. The first kappa shape index (κ1) is 11.6. The molecule has 0 N–H and O–H groups in total. The molecule has 4 heteroatoms. The van der Waals surface area contributed by atoms with Crippen LogP contribution in [0, 0.1) is 5.41 Å². The standard InChI is InChI=1S/C12H18ClN3/c1-12(2)4-3-6-16(7-5-12)11-8-10(13)14-9-15-11/h8-9H,3-7H2,1-2H3. The third-order valence-electron chi connectivity index (χ3n) is 3.28. The SMILES string of the molecule is CC1(C)CCCN(c2cc(Cl)ncn2)CC1. The predicted molar refractivity (Wildman–Crippen MR) is 66.9 cm³/mol. The topological polar surface area (TPSA) is 29.0 Å². The summed E-state index contributed by atoms with van der Waals surface area (Å²) in [5, 5.41) is 0.522. The van der Waals surface area contributed by atoms with Gasteiger partial charge in [0.25, 0.3) is 0 Å². The molecule has 2 rings (SSSR count). The second kappa shape index (κ2) is 4.58. The normalized spacial score (nSPS) is 20.6. The molecule has 1 aromatic rings. The van der Waals surface area contributed by atoms with E-state index in [1.165, 1.54) is 25.6 Å². The van der Waals surface area contributed by atoms with Crippen molar-refractivity contribution < 1.29 is 0 Å². The van der Waals surface area contributed by atoms with Gasteiger partial charge in [-0.25, -0.2) is 9.97 Å². The largest absolute Gasteiger partial charge is 0.356 e. The molecule has 1 aromatic heterocycles. The van der Waals surface area contributed by atoms with Crippen molar-refractivity contribution in [3.05, 3.63) is 17.5 Å². The van der Waals surface area contributed by atoms with Gasteiger partial charge in [-0.15, -0.1) is 0 Å². The molecule has 0 unspecified atom stereocenters. The van der Waals surface area contributed by atoms with Crippen LogP contribution in [0.15, 0.2) is 12.4 Å². The zero-order chi connectivity index (χ0) is 11.6. The molecular formula is C12H18ClN3. The highest BCUT2D eigenvalue weighted by atomic mass is 35.5. The smallest absolute Gasteiger partial charge is 0.134 e. The van der Waals surface area contributed by atoms with Gasteiger partial charge in [-0.2, -0.15) is 0 Å². The Balaban J connectivity index is 2.11. The Morgan fingerprint density at radius 1 is 1.25 bits per heavy atom. The highest BCUT2D eigenvalue weighted by Gasteiger charge is 2.23. The van der Waals surface area contributed by atoms with Gasteiger partial charge in [0, 0.05) is 19.2 Å². The number of hydrogen-bond acceptors (Lipinski definition) is 3. The molecule has 1 saturated heterocycles. The molecule has 0 saturated carbocycles. The Morgan fingerprint density at radius 3 is 2.81 bits per heavy atom. The maximum atomic E-state index is 5.88. The number of nitrogens with zero attached hydrogens (tertiary/aromatic N) is 3. The molecule has 0 aromatic carbocycles. The summed E-state index contributed by atoms with van der Waals surface area (Å²) >= 11 is 5.88. The van der Waals surface area contributed by atoms with E-state index in [2.05, 4.69) is 28.7 Å². The molecule has 3 nitrogen and oxygen atoms in total. The summed E-state index contributed by atoms with van der Waals surface area (Å²) in [6.45, 7) is 6.80. The summed E-state index contributed by atoms with van der Waals surface area (Å²) in [6, 6.07) is 1.85. The predicted octanol–water partition coefficient (Wildman–Crippen LogP) is 3.15. The number of rotatable bonds is 1. The molecule has 0 radical (unpaired) electrons. The van der Waals surface area contributed by atoms with Crippen LogP contribution in [0.3, 0.4) is 0 Å². The maximum absolute atomic E-state index is 5.88. The molecule has 1 fully saturated rings. The van der Waals surface area contributed by atoms with E-state index in [9.17, 15) is 0 Å². The second-order valence-corrected chi connectivity index (χ2v) is 5.59. The summed E-state index contributed by atoms with van der Waals surface area (Å²) < 4.78 is 0. The number of aromatic nitrogens is 2. The third kappa shape index (κ3) is 2.85. The Bertz CT molecular complexity index is 365. The van der Waals surface area contributed by atoms with Crippen LogP contribution in [-0.2, 0) is 0 Å². The summed E-state index contributed by atoms with van der Waals surface area (Å²) in [6.07, 6.45) is 5.24. The average Bonchev–Trinajstić information content (AvgIpc) is 2.39. The Hall–Kier alpha value is -0.830. The molecule has 1 aliphatic heterocycles. The van der Waals surface area contributed by atoms with E-state index >= 15 is 0 Å². The van der Waals surface area contributed by atoms with E-state index in [0.29, 0.717) is 10.6 Å². The summed E-state index contributed by atoms with van der Waals surface area (Å²) in [5.41, 5.74) is 0.450. The van der Waals surface area contributed by atoms with Crippen LogP contribution in [-0.4, -0.2) is 23.1 Å². The number of anilines is 1. The van der Waals surface area contributed by atoms with Crippen LogP contribution >= 0.6 is 11.6 Å². The van der Waals surface area contributed by atoms with Crippen LogP contribution in [0.2, 0.25) is 5.15 Å². The fraction of sp³-hybridized carbons (Fsp3) is 0.667. The van der Waals surface area contributed by atoms with Gasteiger partial charge in [0.05, 0.1) is 0 Å². The highest BCUT2D eigenvalue weighted by molar-refractivity contribution is 6.29. The first-order valence-corrected chi connectivity index (χ1v) is 6.17. The lowest BCUT2D eigenvalue weighted by Gasteiger charge is -2.23. The van der Waals surface area contributed by atoms with Gasteiger partial charge in [0.15, 0.2) is 0 Å². The lowest BCUT2D eigenvalue weighted by molar-refractivity contribution is 0.325. The summed E-state index contributed by atoms with van der Waals surface area (Å²) in [5.74, 6) is 0.956. The molecule has 0 atom stereocenters. The van der Waals surface area contributed by atoms with Crippen LogP contribution in [0.5, 0.6) is 0 Å². The molecule has 1 aliphatic rings. The fourth-order valence-electron chi connectivity index (χ4n) is 2.15. The summed E-state index contributed by atoms with van der Waals surface area (Å²) in [4.78, 5) is 10.5. The van der Waals surface area contributed by atoms with Gasteiger partial charge in [-0.05, 0) is 24.7 Å². The maximum Gasteiger partial charge on any atom is 0.134 e. The van der Waals surface area contributed by atoms with Crippen molar-refractivity contribution in [2.45, 2.75) is 33.1 Å². The highest BCUT2D eigenvalue weighted by Crippen LogP contribution is 2.31.